The topological polar surface area (TPSA) is 149 Å². The van der Waals surface area contributed by atoms with Crippen LogP contribution in [0, 0.1) is 6.92 Å². The van der Waals surface area contributed by atoms with Crippen LogP contribution in [0.3, 0.4) is 0 Å². The summed E-state index contributed by atoms with van der Waals surface area (Å²) in [7, 11) is -2.68. The maximum absolute atomic E-state index is 11.8. The van der Waals surface area contributed by atoms with Gasteiger partial charge in [0.1, 0.15) is 0 Å². The van der Waals surface area contributed by atoms with E-state index in [2.05, 4.69) is 10.3 Å². The minimum Gasteiger partial charge on any atom is -0.394 e. The first kappa shape index (κ1) is 20.2. The van der Waals surface area contributed by atoms with Gasteiger partial charge in [0, 0.05) is 45.4 Å². The molecule has 0 saturated heterocycles. The molecule has 0 bridgehead atoms. The molecule has 0 aliphatic rings. The first-order valence-electron chi connectivity index (χ1n) is 6.80. The standard InChI is InChI=1S/C13H19N3O6S2/c1-8-10(12(19)16-13(20)14-8)3-4-11(18)15-9(5-17)6-24(22)7-23(2)21/h3-4,9,17H,5-7H2,1-2H3,(H,15,18)(H2,14,16,19,20)/b4-3+/t9-,23?,24?/m0/s1. The van der Waals surface area contributed by atoms with Gasteiger partial charge < -0.3 is 15.4 Å². The summed E-state index contributed by atoms with van der Waals surface area (Å²) in [5.41, 5.74) is -0.853. The number of rotatable bonds is 8. The zero-order valence-electron chi connectivity index (χ0n) is 13.2. The number of amides is 1. The molecule has 0 spiro atoms. The number of hydrogen-bond acceptors (Lipinski definition) is 6. The zero-order chi connectivity index (χ0) is 18.3. The highest BCUT2D eigenvalue weighted by Crippen LogP contribution is 1.98. The molecule has 4 N–H and O–H groups in total. The summed E-state index contributed by atoms with van der Waals surface area (Å²) in [5.74, 6) is -0.637. The summed E-state index contributed by atoms with van der Waals surface area (Å²) in [4.78, 5) is 39.0. The first-order valence-corrected chi connectivity index (χ1v) is 10.0. The summed E-state index contributed by atoms with van der Waals surface area (Å²) in [6, 6.07) is -0.763. The van der Waals surface area contributed by atoms with Crippen molar-refractivity contribution in [2.24, 2.45) is 0 Å². The maximum Gasteiger partial charge on any atom is 0.325 e. The van der Waals surface area contributed by atoms with Gasteiger partial charge in [-0.05, 0) is 13.0 Å². The van der Waals surface area contributed by atoms with Gasteiger partial charge in [0.2, 0.25) is 5.91 Å². The Hall–Kier alpha value is -1.85. The predicted molar refractivity (Wildman–Crippen MR) is 92.4 cm³/mol. The lowest BCUT2D eigenvalue weighted by Gasteiger charge is -2.14. The molecule has 0 aliphatic carbocycles. The van der Waals surface area contributed by atoms with E-state index in [-0.39, 0.29) is 16.4 Å². The molecule has 2 unspecified atom stereocenters. The van der Waals surface area contributed by atoms with Crippen LogP contribution in [0.1, 0.15) is 11.3 Å². The van der Waals surface area contributed by atoms with Crippen molar-refractivity contribution in [2.75, 3.05) is 23.7 Å². The molecule has 1 aromatic rings. The second-order valence-corrected chi connectivity index (χ2v) is 8.27. The number of carbonyl (C=O) groups excluding carboxylic acids is 1. The summed E-state index contributed by atoms with van der Waals surface area (Å²) in [5, 5.41) is 11.6. The van der Waals surface area contributed by atoms with Crippen LogP contribution in [0.15, 0.2) is 15.7 Å². The lowest BCUT2D eigenvalue weighted by molar-refractivity contribution is -0.117. The highest BCUT2D eigenvalue weighted by Gasteiger charge is 2.14. The molecule has 0 radical (unpaired) electrons. The number of aromatic amines is 2. The second kappa shape index (κ2) is 9.45. The van der Waals surface area contributed by atoms with Crippen LogP contribution in [0.25, 0.3) is 6.08 Å². The number of aromatic nitrogens is 2. The molecule has 0 fully saturated rings. The average molecular weight is 377 g/mol. The third kappa shape index (κ3) is 6.72. The summed E-state index contributed by atoms with van der Waals surface area (Å²) in [6.45, 7) is 1.08. The number of aryl methyl sites for hydroxylation is 1. The molecule has 0 aliphatic heterocycles. The number of aliphatic hydroxyl groups excluding tert-OH is 1. The molecule has 1 heterocycles. The van der Waals surface area contributed by atoms with Gasteiger partial charge in [0.25, 0.3) is 5.56 Å². The smallest absolute Gasteiger partial charge is 0.325 e. The van der Waals surface area contributed by atoms with E-state index in [0.717, 1.165) is 6.08 Å². The fourth-order valence-electron chi connectivity index (χ4n) is 1.82. The van der Waals surface area contributed by atoms with Gasteiger partial charge in [-0.3, -0.25) is 23.0 Å². The van der Waals surface area contributed by atoms with E-state index >= 15 is 0 Å². The van der Waals surface area contributed by atoms with Crippen LogP contribution in [0.2, 0.25) is 0 Å². The fourth-order valence-corrected chi connectivity index (χ4v) is 4.32. The monoisotopic (exact) mass is 377 g/mol. The Morgan fingerprint density at radius 1 is 1.33 bits per heavy atom. The van der Waals surface area contributed by atoms with E-state index < -0.39 is 51.4 Å². The number of carbonyl (C=O) groups is 1. The lowest BCUT2D eigenvalue weighted by atomic mass is 10.2. The van der Waals surface area contributed by atoms with Crippen molar-refractivity contribution in [3.8, 4) is 0 Å². The molecule has 24 heavy (non-hydrogen) atoms. The molecule has 3 atom stereocenters. The van der Waals surface area contributed by atoms with Crippen molar-refractivity contribution >= 4 is 33.6 Å². The molecule has 0 saturated carbocycles. The van der Waals surface area contributed by atoms with Crippen LogP contribution in [-0.4, -0.2) is 59.1 Å². The maximum atomic E-state index is 11.8. The van der Waals surface area contributed by atoms with E-state index in [1.807, 2.05) is 4.98 Å². The second-order valence-electron chi connectivity index (χ2n) is 4.97. The van der Waals surface area contributed by atoms with Crippen molar-refractivity contribution in [3.63, 3.8) is 0 Å². The predicted octanol–water partition coefficient (Wildman–Crippen LogP) is -2.05. The highest BCUT2D eigenvalue weighted by molar-refractivity contribution is 8.01. The number of H-pyrrole nitrogens is 2. The van der Waals surface area contributed by atoms with Crippen LogP contribution in [0.4, 0.5) is 0 Å². The Morgan fingerprint density at radius 2 is 2.00 bits per heavy atom. The van der Waals surface area contributed by atoms with Crippen molar-refractivity contribution in [1.29, 1.82) is 0 Å². The van der Waals surface area contributed by atoms with Crippen LogP contribution in [-0.2, 0) is 26.4 Å². The van der Waals surface area contributed by atoms with E-state index in [4.69, 9.17) is 0 Å². The molecule has 1 amide bonds. The van der Waals surface area contributed by atoms with Crippen molar-refractivity contribution < 1.29 is 18.3 Å². The molecule has 11 heteroatoms. The molecule has 1 rings (SSSR count). The Kier molecular flexibility index (Phi) is 7.95. The zero-order valence-corrected chi connectivity index (χ0v) is 14.8. The molecule has 0 aromatic carbocycles. The van der Waals surface area contributed by atoms with Gasteiger partial charge in [0.05, 0.1) is 23.3 Å². The quantitative estimate of drug-likeness (QED) is 0.383. The largest absolute Gasteiger partial charge is 0.394 e. The summed E-state index contributed by atoms with van der Waals surface area (Å²) < 4.78 is 22.7. The Bertz CT molecular complexity index is 783. The third-order valence-electron chi connectivity index (χ3n) is 2.83. The summed E-state index contributed by atoms with van der Waals surface area (Å²) in [6.07, 6.45) is 3.71. The van der Waals surface area contributed by atoms with Gasteiger partial charge >= 0.3 is 5.69 Å². The minimum atomic E-state index is -1.44. The van der Waals surface area contributed by atoms with Gasteiger partial charge in [-0.15, -0.1) is 0 Å². The number of nitrogens with one attached hydrogen (secondary N) is 3. The molecular weight excluding hydrogens is 358 g/mol. The highest BCUT2D eigenvalue weighted by atomic mass is 32.2. The van der Waals surface area contributed by atoms with Gasteiger partial charge in [-0.1, -0.05) is 0 Å². The van der Waals surface area contributed by atoms with Crippen LogP contribution in [0.5, 0.6) is 0 Å². The molecule has 9 nitrogen and oxygen atoms in total. The van der Waals surface area contributed by atoms with Crippen molar-refractivity contribution in [3.05, 3.63) is 38.2 Å². The van der Waals surface area contributed by atoms with Crippen LogP contribution < -0.4 is 16.6 Å². The van der Waals surface area contributed by atoms with E-state index in [1.54, 1.807) is 0 Å². The van der Waals surface area contributed by atoms with Crippen molar-refractivity contribution in [1.82, 2.24) is 15.3 Å². The SMILES string of the molecule is Cc1[nH]c(=O)[nH]c(=O)c1/C=C/C(=O)N[C@@H](CO)CS(=O)CS(C)=O. The normalized spacial score (nSPS) is 15.1. The van der Waals surface area contributed by atoms with Gasteiger partial charge in [-0.25, -0.2) is 4.79 Å². The Morgan fingerprint density at radius 3 is 2.54 bits per heavy atom. The molecule has 134 valence electrons. The molecular formula is C13H19N3O6S2. The van der Waals surface area contributed by atoms with Gasteiger partial charge in [-0.2, -0.15) is 0 Å². The fraction of sp³-hybridized carbons (Fsp3) is 0.462. The third-order valence-corrected chi connectivity index (χ3v) is 5.98. The first-order chi connectivity index (χ1) is 11.2. The van der Waals surface area contributed by atoms with E-state index in [1.165, 1.54) is 19.3 Å². The lowest BCUT2D eigenvalue weighted by Crippen LogP contribution is -2.41. The Labute approximate surface area is 142 Å². The van der Waals surface area contributed by atoms with Crippen molar-refractivity contribution in [2.45, 2.75) is 13.0 Å². The average Bonchev–Trinajstić information content (AvgIpc) is 2.44. The van der Waals surface area contributed by atoms with E-state index in [9.17, 15) is 27.9 Å². The molecule has 1 aromatic heterocycles. The van der Waals surface area contributed by atoms with E-state index in [0.29, 0.717) is 5.69 Å². The number of hydrogen-bond donors (Lipinski definition) is 4. The Balaban J connectivity index is 2.74. The van der Waals surface area contributed by atoms with Gasteiger partial charge in [0.15, 0.2) is 0 Å². The minimum absolute atomic E-state index is 0.0336. The summed E-state index contributed by atoms with van der Waals surface area (Å²) >= 11 is 0. The van der Waals surface area contributed by atoms with Crippen LogP contribution >= 0.6 is 0 Å². The number of aliphatic hydroxyl groups is 1.